The molecule has 0 aliphatic carbocycles. The van der Waals surface area contributed by atoms with Gasteiger partial charge in [-0.25, -0.2) is 4.39 Å². The lowest BCUT2D eigenvalue weighted by Gasteiger charge is -2.21. The van der Waals surface area contributed by atoms with E-state index in [1.54, 1.807) is 18.3 Å². The fourth-order valence-corrected chi connectivity index (χ4v) is 2.64. The zero-order chi connectivity index (χ0) is 17.1. The Hall–Kier alpha value is -2.47. The number of nitrogens with one attached hydrogen (secondary N) is 2. The molecule has 24 heavy (non-hydrogen) atoms. The molecule has 0 amide bonds. The minimum Gasteiger partial charge on any atom is -0.308 e. The van der Waals surface area contributed by atoms with Crippen LogP contribution in [-0.4, -0.2) is 26.0 Å². The van der Waals surface area contributed by atoms with Crippen LogP contribution in [0.1, 0.15) is 31.0 Å². The second-order valence-corrected chi connectivity index (χ2v) is 6.19. The second-order valence-electron chi connectivity index (χ2n) is 6.19. The first-order valence-corrected chi connectivity index (χ1v) is 8.07. The summed E-state index contributed by atoms with van der Waals surface area (Å²) in [6.45, 7) is 6.99. The number of aromatic amines is 1. The lowest BCUT2D eigenvalue weighted by atomic mass is 10.1. The molecule has 2 aromatic heterocycles. The number of hydrogen-bond acceptors (Lipinski definition) is 3. The average Bonchev–Trinajstić information content (AvgIpc) is 3.21. The van der Waals surface area contributed by atoms with Gasteiger partial charge in [-0.2, -0.15) is 10.2 Å². The van der Waals surface area contributed by atoms with E-state index in [-0.39, 0.29) is 17.9 Å². The van der Waals surface area contributed by atoms with Crippen molar-refractivity contribution in [1.82, 2.24) is 25.3 Å². The first-order valence-electron chi connectivity index (χ1n) is 8.07. The van der Waals surface area contributed by atoms with Crippen LogP contribution >= 0.6 is 0 Å². The minimum atomic E-state index is -0.241. The molecule has 2 heterocycles. The van der Waals surface area contributed by atoms with Crippen molar-refractivity contribution in [2.24, 2.45) is 0 Å². The molecule has 126 valence electrons. The maximum absolute atomic E-state index is 13.1. The van der Waals surface area contributed by atoms with E-state index < -0.39 is 0 Å². The number of aromatic nitrogens is 4. The van der Waals surface area contributed by atoms with Crippen LogP contribution < -0.4 is 5.32 Å². The highest BCUT2D eigenvalue weighted by atomic mass is 19.1. The predicted octanol–water partition coefficient (Wildman–Crippen LogP) is 3.46. The third-order valence-corrected chi connectivity index (χ3v) is 4.34. The Morgan fingerprint density at radius 1 is 1.21 bits per heavy atom. The smallest absolute Gasteiger partial charge is 0.123 e. The topological polar surface area (TPSA) is 58.5 Å². The lowest BCUT2D eigenvalue weighted by Crippen LogP contribution is -2.33. The van der Waals surface area contributed by atoms with Gasteiger partial charge in [0.05, 0.1) is 24.1 Å². The number of halogens is 1. The van der Waals surface area contributed by atoms with Crippen LogP contribution in [0.15, 0.2) is 42.9 Å². The van der Waals surface area contributed by atoms with E-state index in [2.05, 4.69) is 34.5 Å². The highest BCUT2D eigenvalue weighted by Crippen LogP contribution is 2.21. The van der Waals surface area contributed by atoms with Crippen LogP contribution in [0.2, 0.25) is 0 Å². The molecule has 5 nitrogen and oxygen atoms in total. The van der Waals surface area contributed by atoms with Crippen molar-refractivity contribution in [2.45, 2.75) is 39.4 Å². The number of nitrogens with zero attached hydrogens (tertiary/aromatic N) is 3. The largest absolute Gasteiger partial charge is 0.308 e. The van der Waals surface area contributed by atoms with Crippen LogP contribution in [0.4, 0.5) is 4.39 Å². The van der Waals surface area contributed by atoms with Crippen molar-refractivity contribution in [2.75, 3.05) is 0 Å². The fourth-order valence-electron chi connectivity index (χ4n) is 2.64. The molecule has 6 heteroatoms. The third kappa shape index (κ3) is 3.54. The van der Waals surface area contributed by atoms with E-state index in [1.807, 2.05) is 24.0 Å². The normalized spacial score (nSPS) is 13.8. The van der Waals surface area contributed by atoms with Crippen molar-refractivity contribution >= 4 is 0 Å². The Balaban J connectivity index is 1.67. The van der Waals surface area contributed by atoms with Gasteiger partial charge >= 0.3 is 0 Å². The van der Waals surface area contributed by atoms with Gasteiger partial charge in [-0.15, -0.1) is 0 Å². The Morgan fingerprint density at radius 3 is 2.62 bits per heavy atom. The minimum absolute atomic E-state index is 0.236. The first-order chi connectivity index (χ1) is 11.5. The predicted molar refractivity (Wildman–Crippen MR) is 92.0 cm³/mol. The Labute approximate surface area is 140 Å². The molecule has 2 atom stereocenters. The van der Waals surface area contributed by atoms with Gasteiger partial charge in [0.2, 0.25) is 0 Å². The summed E-state index contributed by atoms with van der Waals surface area (Å²) < 4.78 is 15.1. The molecule has 0 saturated heterocycles. The summed E-state index contributed by atoms with van der Waals surface area (Å²) in [7, 11) is 0. The maximum atomic E-state index is 13.1. The molecule has 0 aliphatic rings. The summed E-state index contributed by atoms with van der Waals surface area (Å²) in [4.78, 5) is 0. The van der Waals surface area contributed by atoms with Gasteiger partial charge in [-0.1, -0.05) is 0 Å². The maximum Gasteiger partial charge on any atom is 0.123 e. The van der Waals surface area contributed by atoms with Crippen LogP contribution in [0.3, 0.4) is 0 Å². The fraction of sp³-hybridized carbons (Fsp3) is 0.333. The van der Waals surface area contributed by atoms with Crippen molar-refractivity contribution in [3.8, 4) is 11.3 Å². The number of aryl methyl sites for hydroxylation is 1. The van der Waals surface area contributed by atoms with Gasteiger partial charge in [-0.05, 0) is 50.6 Å². The summed E-state index contributed by atoms with van der Waals surface area (Å²) in [6.07, 6.45) is 5.72. The van der Waals surface area contributed by atoms with Gasteiger partial charge in [0.1, 0.15) is 5.82 Å². The van der Waals surface area contributed by atoms with Crippen molar-refractivity contribution in [3.63, 3.8) is 0 Å². The summed E-state index contributed by atoms with van der Waals surface area (Å²) in [5.74, 6) is -0.241. The van der Waals surface area contributed by atoms with E-state index in [4.69, 9.17) is 0 Å². The monoisotopic (exact) mass is 327 g/mol. The average molecular weight is 327 g/mol. The molecule has 3 aromatic rings. The van der Waals surface area contributed by atoms with Crippen LogP contribution in [0.5, 0.6) is 0 Å². The highest BCUT2D eigenvalue weighted by molar-refractivity contribution is 5.62. The number of hydrogen-bond donors (Lipinski definition) is 2. The summed E-state index contributed by atoms with van der Waals surface area (Å²) in [5.41, 5.74) is 4.05. The molecule has 0 fully saturated rings. The van der Waals surface area contributed by atoms with E-state index >= 15 is 0 Å². The molecule has 0 radical (unpaired) electrons. The Bertz CT molecular complexity index is 790. The van der Waals surface area contributed by atoms with E-state index in [0.29, 0.717) is 6.54 Å². The second kappa shape index (κ2) is 6.97. The molecule has 0 saturated carbocycles. The van der Waals surface area contributed by atoms with Crippen LogP contribution in [0.25, 0.3) is 11.3 Å². The van der Waals surface area contributed by atoms with Crippen molar-refractivity contribution in [3.05, 3.63) is 59.8 Å². The zero-order valence-electron chi connectivity index (χ0n) is 14.1. The van der Waals surface area contributed by atoms with E-state index in [0.717, 1.165) is 22.4 Å². The Kier molecular flexibility index (Phi) is 4.76. The standard InChI is InChI=1S/C18H22FN5/c1-12-8-22-24(11-12)14(3)13(2)20-9-16-10-21-23-18(16)15-4-6-17(19)7-5-15/h4-8,10-11,13-14,20H,9H2,1-3H3,(H,21,23)/t13-,14+/m1/s1. The summed E-state index contributed by atoms with van der Waals surface area (Å²) >= 11 is 0. The lowest BCUT2D eigenvalue weighted by molar-refractivity contribution is 0.365. The van der Waals surface area contributed by atoms with Gasteiger partial charge in [0.25, 0.3) is 0 Å². The van der Waals surface area contributed by atoms with Gasteiger partial charge in [-0.3, -0.25) is 9.78 Å². The van der Waals surface area contributed by atoms with E-state index in [1.165, 1.54) is 12.1 Å². The molecular formula is C18H22FN5. The number of benzene rings is 1. The first kappa shape index (κ1) is 16.4. The molecule has 0 unspecified atom stereocenters. The summed E-state index contributed by atoms with van der Waals surface area (Å²) in [5, 5.41) is 15.0. The van der Waals surface area contributed by atoms with E-state index in [9.17, 15) is 4.39 Å². The SMILES string of the molecule is Cc1cnn([C@@H](C)[C@@H](C)NCc2cn[nH]c2-c2ccc(F)cc2)c1. The molecule has 0 aliphatic heterocycles. The molecular weight excluding hydrogens is 305 g/mol. The third-order valence-electron chi connectivity index (χ3n) is 4.34. The highest BCUT2D eigenvalue weighted by Gasteiger charge is 2.16. The van der Waals surface area contributed by atoms with Gasteiger partial charge in [0, 0.05) is 29.9 Å². The van der Waals surface area contributed by atoms with Gasteiger partial charge < -0.3 is 5.32 Å². The molecule has 1 aromatic carbocycles. The molecule has 2 N–H and O–H groups in total. The van der Waals surface area contributed by atoms with Crippen LogP contribution in [0, 0.1) is 12.7 Å². The van der Waals surface area contributed by atoms with Gasteiger partial charge in [0.15, 0.2) is 0 Å². The molecule has 0 spiro atoms. The zero-order valence-corrected chi connectivity index (χ0v) is 14.1. The molecule has 0 bridgehead atoms. The summed E-state index contributed by atoms with van der Waals surface area (Å²) in [6, 6.07) is 6.90. The van der Waals surface area contributed by atoms with Crippen LogP contribution in [-0.2, 0) is 6.54 Å². The van der Waals surface area contributed by atoms with Crippen molar-refractivity contribution in [1.29, 1.82) is 0 Å². The molecule has 3 rings (SSSR count). The Morgan fingerprint density at radius 2 is 1.96 bits per heavy atom. The number of rotatable bonds is 6. The quantitative estimate of drug-likeness (QED) is 0.729. The van der Waals surface area contributed by atoms with Crippen molar-refractivity contribution < 1.29 is 4.39 Å². The number of H-pyrrole nitrogens is 1.